The highest BCUT2D eigenvalue weighted by Gasteiger charge is 2.53. The number of nitrogens with zero attached hydrogens (tertiary/aromatic N) is 1. The molecule has 0 aromatic carbocycles. The molecule has 8 heteroatoms. The minimum atomic E-state index is -1.82. The average molecular weight is 423 g/mol. The number of H-pyrrole nitrogens is 1. The van der Waals surface area contributed by atoms with E-state index in [0.717, 1.165) is 17.4 Å². The minimum absolute atomic E-state index is 0.0792. The first-order chi connectivity index (χ1) is 14.3. The van der Waals surface area contributed by atoms with Crippen molar-refractivity contribution in [3.05, 3.63) is 32.6 Å². The molecule has 0 bridgehead atoms. The Kier molecular flexibility index (Phi) is 9.31. The first-order valence-electron chi connectivity index (χ1n) is 10.8. The quantitative estimate of drug-likeness (QED) is 0.334. The van der Waals surface area contributed by atoms with Crippen molar-refractivity contribution >= 4 is 0 Å². The largest absolute Gasteiger partial charge is 0.394 e. The fourth-order valence-corrected chi connectivity index (χ4v) is 3.64. The Hall–Kier alpha value is -1.92. The molecular weight excluding hydrogens is 388 g/mol. The van der Waals surface area contributed by atoms with Crippen molar-refractivity contribution in [1.29, 1.82) is 0 Å². The Labute approximate surface area is 176 Å². The van der Waals surface area contributed by atoms with Gasteiger partial charge in [-0.25, -0.2) is 4.79 Å². The van der Waals surface area contributed by atoms with Crippen molar-refractivity contribution < 1.29 is 20.1 Å². The molecule has 4 N–H and O–H groups in total. The predicted octanol–water partition coefficient (Wildman–Crippen LogP) is 1.42. The van der Waals surface area contributed by atoms with E-state index in [0.29, 0.717) is 6.42 Å². The van der Waals surface area contributed by atoms with E-state index >= 15 is 0 Å². The van der Waals surface area contributed by atoms with Gasteiger partial charge in [0.15, 0.2) is 6.23 Å². The van der Waals surface area contributed by atoms with Crippen LogP contribution >= 0.6 is 0 Å². The zero-order chi connectivity index (χ0) is 22.1. The van der Waals surface area contributed by atoms with Gasteiger partial charge in [0, 0.05) is 12.6 Å². The fraction of sp³-hybridized carbons (Fsp3) is 0.727. The summed E-state index contributed by atoms with van der Waals surface area (Å²) in [4.78, 5) is 26.5. The van der Waals surface area contributed by atoms with Crippen LogP contribution in [-0.4, -0.2) is 49.3 Å². The van der Waals surface area contributed by atoms with Gasteiger partial charge in [-0.2, -0.15) is 0 Å². The molecule has 1 aliphatic rings. The molecule has 2 heterocycles. The summed E-state index contributed by atoms with van der Waals surface area (Å²) in [7, 11) is 0. The molecule has 0 amide bonds. The van der Waals surface area contributed by atoms with E-state index in [9.17, 15) is 24.9 Å². The molecule has 0 radical (unpaired) electrons. The van der Waals surface area contributed by atoms with E-state index in [4.69, 9.17) is 4.74 Å². The number of aliphatic hydroxyl groups is 3. The molecular formula is C22H34N2O6. The second-order valence-corrected chi connectivity index (χ2v) is 8.12. The summed E-state index contributed by atoms with van der Waals surface area (Å²) in [5, 5.41) is 30.0. The summed E-state index contributed by atoms with van der Waals surface area (Å²) in [5.41, 5.74) is -3.14. The van der Waals surface area contributed by atoms with Crippen LogP contribution in [0.15, 0.2) is 15.8 Å². The summed E-state index contributed by atoms with van der Waals surface area (Å²) in [6, 6.07) is 0. The topological polar surface area (TPSA) is 125 Å². The molecule has 1 aromatic heterocycles. The highest BCUT2D eigenvalue weighted by atomic mass is 16.6. The maximum absolute atomic E-state index is 12.2. The summed E-state index contributed by atoms with van der Waals surface area (Å²) in [5.74, 6) is 5.75. The Bertz CT molecular complexity index is 848. The van der Waals surface area contributed by atoms with Crippen molar-refractivity contribution in [3.63, 3.8) is 0 Å². The number of aromatic nitrogens is 2. The molecule has 0 unspecified atom stereocenters. The first-order valence-corrected chi connectivity index (χ1v) is 10.8. The van der Waals surface area contributed by atoms with Crippen molar-refractivity contribution in [3.8, 4) is 11.8 Å². The van der Waals surface area contributed by atoms with Crippen LogP contribution in [0.5, 0.6) is 0 Å². The molecule has 0 spiro atoms. The van der Waals surface area contributed by atoms with E-state index in [1.54, 1.807) is 0 Å². The predicted molar refractivity (Wildman–Crippen MR) is 113 cm³/mol. The molecule has 1 aliphatic heterocycles. The van der Waals surface area contributed by atoms with E-state index in [1.165, 1.54) is 51.6 Å². The lowest BCUT2D eigenvalue weighted by molar-refractivity contribution is -0.0987. The van der Waals surface area contributed by atoms with Gasteiger partial charge in [0.05, 0.1) is 6.61 Å². The molecule has 4 atom stereocenters. The van der Waals surface area contributed by atoms with Crippen molar-refractivity contribution in [1.82, 2.24) is 9.55 Å². The van der Waals surface area contributed by atoms with Crippen LogP contribution in [0.4, 0.5) is 0 Å². The molecule has 1 aromatic rings. The Balaban J connectivity index is 1.99. The second kappa shape index (κ2) is 11.5. The second-order valence-electron chi connectivity index (χ2n) is 8.12. The van der Waals surface area contributed by atoms with Gasteiger partial charge >= 0.3 is 5.69 Å². The van der Waals surface area contributed by atoms with Gasteiger partial charge in [-0.15, -0.1) is 0 Å². The lowest BCUT2D eigenvalue weighted by Gasteiger charge is -2.27. The van der Waals surface area contributed by atoms with Crippen LogP contribution in [0, 0.1) is 11.8 Å². The molecule has 2 rings (SSSR count). The van der Waals surface area contributed by atoms with Gasteiger partial charge in [-0.1, -0.05) is 63.7 Å². The first kappa shape index (κ1) is 24.4. The normalized spacial score (nSPS) is 25.8. The average Bonchev–Trinajstić information content (AvgIpc) is 2.94. The van der Waals surface area contributed by atoms with Gasteiger partial charge in [0.1, 0.15) is 23.4 Å². The summed E-state index contributed by atoms with van der Waals surface area (Å²) >= 11 is 0. The maximum atomic E-state index is 12.2. The number of hydrogen-bond acceptors (Lipinski definition) is 6. The zero-order valence-corrected chi connectivity index (χ0v) is 17.9. The number of rotatable bonds is 10. The molecule has 1 fully saturated rings. The lowest BCUT2D eigenvalue weighted by Crippen LogP contribution is -2.47. The van der Waals surface area contributed by atoms with Crippen LogP contribution in [0.1, 0.15) is 83.4 Å². The molecule has 1 saturated heterocycles. The molecule has 0 saturated carbocycles. The highest BCUT2D eigenvalue weighted by molar-refractivity contribution is 5.29. The van der Waals surface area contributed by atoms with Crippen molar-refractivity contribution in [2.75, 3.05) is 6.61 Å². The summed E-state index contributed by atoms with van der Waals surface area (Å²) < 4.78 is 6.45. The van der Waals surface area contributed by atoms with Gasteiger partial charge in [-0.3, -0.25) is 14.3 Å². The van der Waals surface area contributed by atoms with Crippen LogP contribution in [0.3, 0.4) is 0 Å². The van der Waals surface area contributed by atoms with Crippen LogP contribution in [0.2, 0.25) is 0 Å². The van der Waals surface area contributed by atoms with Gasteiger partial charge < -0.3 is 20.1 Å². The van der Waals surface area contributed by atoms with Crippen LogP contribution in [0.25, 0.3) is 0 Å². The number of unbranched alkanes of at least 4 members (excludes halogenated alkanes) is 8. The Morgan fingerprint density at radius 2 is 1.80 bits per heavy atom. The standard InChI is InChI=1S/C22H34N2O6/c1-3-4-5-6-7-8-9-10-11-12-13-16-14-24(21(28)23-19(16)27)20-22(2,29)18(26)17(15-25)30-20/h14,17-18,20,25-26,29H,3-11,15H2,1-2H3,(H,23,27,28)/t17-,18-,20-,22-/m1/s1. The smallest absolute Gasteiger partial charge is 0.330 e. The number of aromatic amines is 1. The number of ether oxygens (including phenoxy) is 1. The van der Waals surface area contributed by atoms with Gasteiger partial charge in [0.25, 0.3) is 5.56 Å². The molecule has 0 aliphatic carbocycles. The number of hydrogen-bond donors (Lipinski definition) is 4. The number of nitrogens with one attached hydrogen (secondary N) is 1. The van der Waals surface area contributed by atoms with Crippen LogP contribution in [-0.2, 0) is 4.74 Å². The number of aliphatic hydroxyl groups excluding tert-OH is 2. The Morgan fingerprint density at radius 1 is 1.17 bits per heavy atom. The van der Waals surface area contributed by atoms with E-state index in [1.807, 2.05) is 0 Å². The highest BCUT2D eigenvalue weighted by Crippen LogP contribution is 2.37. The third-order valence-corrected chi connectivity index (χ3v) is 5.53. The SMILES string of the molecule is CCCCCCCCCCC#Cc1cn([C@@H]2O[C@H](CO)[C@@H](O)[C@@]2(C)O)c(=O)[nH]c1=O. The molecule has 8 nitrogen and oxygen atoms in total. The maximum Gasteiger partial charge on any atom is 0.330 e. The van der Waals surface area contributed by atoms with Crippen LogP contribution < -0.4 is 11.2 Å². The van der Waals surface area contributed by atoms with Crippen molar-refractivity contribution in [2.45, 2.75) is 95.7 Å². The monoisotopic (exact) mass is 422 g/mol. The molecule has 30 heavy (non-hydrogen) atoms. The van der Waals surface area contributed by atoms with E-state index < -0.39 is 41.9 Å². The minimum Gasteiger partial charge on any atom is -0.394 e. The van der Waals surface area contributed by atoms with Gasteiger partial charge in [0.2, 0.25) is 0 Å². The van der Waals surface area contributed by atoms with Crippen molar-refractivity contribution in [2.24, 2.45) is 0 Å². The summed E-state index contributed by atoms with van der Waals surface area (Å²) in [6.07, 6.45) is 7.75. The van der Waals surface area contributed by atoms with Gasteiger partial charge in [-0.05, 0) is 13.3 Å². The van der Waals surface area contributed by atoms with E-state index in [-0.39, 0.29) is 5.56 Å². The zero-order valence-electron chi connectivity index (χ0n) is 17.9. The molecule has 168 valence electrons. The lowest BCUT2D eigenvalue weighted by atomic mass is 9.96. The third kappa shape index (κ3) is 6.05. The fourth-order valence-electron chi connectivity index (χ4n) is 3.64. The summed E-state index contributed by atoms with van der Waals surface area (Å²) in [6.45, 7) is 2.99. The Morgan fingerprint density at radius 3 is 2.40 bits per heavy atom. The van der Waals surface area contributed by atoms with E-state index in [2.05, 4.69) is 23.7 Å². The third-order valence-electron chi connectivity index (χ3n) is 5.53.